The molecule has 0 saturated carbocycles. The Hall–Kier alpha value is -1.82. The SMILES string of the molecule is CC(C)(CCN)CCc1nc(-c2ccc(F)cn2)no1. The molecule has 0 radical (unpaired) electrons. The Morgan fingerprint density at radius 3 is 2.75 bits per heavy atom. The highest BCUT2D eigenvalue weighted by Crippen LogP contribution is 2.26. The zero-order chi connectivity index (χ0) is 14.6. The molecule has 20 heavy (non-hydrogen) atoms. The molecule has 0 saturated heterocycles. The fourth-order valence-corrected chi connectivity index (χ4v) is 1.93. The van der Waals surface area contributed by atoms with Gasteiger partial charge in [-0.3, -0.25) is 0 Å². The van der Waals surface area contributed by atoms with Crippen molar-refractivity contribution in [3.05, 3.63) is 30.0 Å². The van der Waals surface area contributed by atoms with Gasteiger partial charge in [-0.1, -0.05) is 19.0 Å². The molecule has 0 spiro atoms. The van der Waals surface area contributed by atoms with E-state index >= 15 is 0 Å². The summed E-state index contributed by atoms with van der Waals surface area (Å²) >= 11 is 0. The molecular formula is C14H19FN4O. The molecule has 2 heterocycles. The van der Waals surface area contributed by atoms with E-state index in [0.29, 0.717) is 30.4 Å². The fraction of sp³-hybridized carbons (Fsp3) is 0.500. The zero-order valence-electron chi connectivity index (χ0n) is 11.8. The average Bonchev–Trinajstić information content (AvgIpc) is 2.86. The van der Waals surface area contributed by atoms with Crippen LogP contribution in [0, 0.1) is 11.2 Å². The quantitative estimate of drug-likeness (QED) is 0.878. The molecule has 5 nitrogen and oxygen atoms in total. The summed E-state index contributed by atoms with van der Waals surface area (Å²) < 4.78 is 18.0. The minimum absolute atomic E-state index is 0.150. The van der Waals surface area contributed by atoms with Gasteiger partial charge in [0.25, 0.3) is 0 Å². The number of hydrogen-bond donors (Lipinski definition) is 1. The van der Waals surface area contributed by atoms with Crippen LogP contribution in [0.25, 0.3) is 11.5 Å². The van der Waals surface area contributed by atoms with E-state index in [1.807, 2.05) is 0 Å². The first-order valence-electron chi connectivity index (χ1n) is 6.65. The third-order valence-electron chi connectivity index (χ3n) is 3.26. The Balaban J connectivity index is 2.00. The largest absolute Gasteiger partial charge is 0.339 e. The zero-order valence-corrected chi connectivity index (χ0v) is 11.8. The van der Waals surface area contributed by atoms with Crippen molar-refractivity contribution in [1.29, 1.82) is 0 Å². The molecule has 0 atom stereocenters. The molecule has 0 aliphatic rings. The van der Waals surface area contributed by atoms with E-state index in [1.54, 1.807) is 0 Å². The van der Waals surface area contributed by atoms with Crippen LogP contribution >= 0.6 is 0 Å². The van der Waals surface area contributed by atoms with Crippen molar-refractivity contribution in [3.8, 4) is 11.5 Å². The number of hydrogen-bond acceptors (Lipinski definition) is 5. The molecule has 2 N–H and O–H groups in total. The highest BCUT2D eigenvalue weighted by molar-refractivity contribution is 5.47. The van der Waals surface area contributed by atoms with Crippen molar-refractivity contribution in [2.24, 2.45) is 11.1 Å². The summed E-state index contributed by atoms with van der Waals surface area (Å²) in [7, 11) is 0. The van der Waals surface area contributed by atoms with Gasteiger partial charge in [0.1, 0.15) is 11.5 Å². The maximum atomic E-state index is 12.8. The highest BCUT2D eigenvalue weighted by Gasteiger charge is 2.19. The van der Waals surface area contributed by atoms with Crippen LogP contribution < -0.4 is 5.73 Å². The maximum absolute atomic E-state index is 12.8. The van der Waals surface area contributed by atoms with E-state index < -0.39 is 0 Å². The monoisotopic (exact) mass is 278 g/mol. The molecule has 0 amide bonds. The van der Waals surface area contributed by atoms with E-state index in [4.69, 9.17) is 10.3 Å². The van der Waals surface area contributed by atoms with Crippen LogP contribution in [0.5, 0.6) is 0 Å². The molecular weight excluding hydrogens is 259 g/mol. The topological polar surface area (TPSA) is 77.8 Å². The molecule has 108 valence electrons. The van der Waals surface area contributed by atoms with Gasteiger partial charge in [0, 0.05) is 6.42 Å². The maximum Gasteiger partial charge on any atom is 0.227 e. The summed E-state index contributed by atoms with van der Waals surface area (Å²) in [6.07, 6.45) is 3.70. The van der Waals surface area contributed by atoms with E-state index in [-0.39, 0.29) is 11.2 Å². The Morgan fingerprint density at radius 2 is 2.10 bits per heavy atom. The van der Waals surface area contributed by atoms with Crippen LogP contribution in [0.3, 0.4) is 0 Å². The van der Waals surface area contributed by atoms with Gasteiger partial charge < -0.3 is 10.3 Å². The van der Waals surface area contributed by atoms with Gasteiger partial charge >= 0.3 is 0 Å². The normalized spacial score (nSPS) is 11.8. The molecule has 2 rings (SSSR count). The summed E-state index contributed by atoms with van der Waals surface area (Å²) in [6.45, 7) is 5.00. The van der Waals surface area contributed by atoms with Crippen LogP contribution in [0.4, 0.5) is 4.39 Å². The smallest absolute Gasteiger partial charge is 0.227 e. The highest BCUT2D eigenvalue weighted by atomic mass is 19.1. The van der Waals surface area contributed by atoms with Crippen molar-refractivity contribution in [1.82, 2.24) is 15.1 Å². The third kappa shape index (κ3) is 3.84. The molecule has 0 fully saturated rings. The second-order valence-electron chi connectivity index (χ2n) is 5.58. The van der Waals surface area contributed by atoms with Gasteiger partial charge in [-0.25, -0.2) is 9.37 Å². The summed E-state index contributed by atoms with van der Waals surface area (Å²) in [5, 5.41) is 3.87. The molecule has 2 aromatic heterocycles. The summed E-state index contributed by atoms with van der Waals surface area (Å²) in [4.78, 5) is 8.20. The lowest BCUT2D eigenvalue weighted by molar-refractivity contribution is 0.289. The van der Waals surface area contributed by atoms with Gasteiger partial charge in [0.15, 0.2) is 0 Å². The molecule has 0 unspecified atom stereocenters. The molecule has 6 heteroatoms. The molecule has 0 aliphatic carbocycles. The fourth-order valence-electron chi connectivity index (χ4n) is 1.93. The summed E-state index contributed by atoms with van der Waals surface area (Å²) in [5.74, 6) is 0.564. The van der Waals surface area contributed by atoms with Crippen LogP contribution in [-0.2, 0) is 6.42 Å². The van der Waals surface area contributed by atoms with Crippen LogP contribution in [0.15, 0.2) is 22.9 Å². The molecule has 2 aromatic rings. The van der Waals surface area contributed by atoms with E-state index in [9.17, 15) is 4.39 Å². The van der Waals surface area contributed by atoms with E-state index in [0.717, 1.165) is 19.0 Å². The van der Waals surface area contributed by atoms with Crippen LogP contribution in [0.2, 0.25) is 0 Å². The lowest BCUT2D eigenvalue weighted by Crippen LogP contribution is -2.17. The Morgan fingerprint density at radius 1 is 1.30 bits per heavy atom. The van der Waals surface area contributed by atoms with Gasteiger partial charge in [-0.15, -0.1) is 0 Å². The predicted molar refractivity (Wildman–Crippen MR) is 73.3 cm³/mol. The number of halogens is 1. The predicted octanol–water partition coefficient (Wildman–Crippen LogP) is 2.58. The van der Waals surface area contributed by atoms with Crippen molar-refractivity contribution in [3.63, 3.8) is 0 Å². The van der Waals surface area contributed by atoms with Crippen molar-refractivity contribution in [2.75, 3.05) is 6.54 Å². The van der Waals surface area contributed by atoms with Crippen molar-refractivity contribution >= 4 is 0 Å². The van der Waals surface area contributed by atoms with Crippen molar-refractivity contribution in [2.45, 2.75) is 33.1 Å². The lowest BCUT2D eigenvalue weighted by atomic mass is 9.84. The van der Waals surface area contributed by atoms with Gasteiger partial charge in [-0.2, -0.15) is 4.98 Å². The Kier molecular flexibility index (Phi) is 4.44. The van der Waals surface area contributed by atoms with Crippen molar-refractivity contribution < 1.29 is 8.91 Å². The summed E-state index contributed by atoms with van der Waals surface area (Å²) in [6, 6.07) is 2.85. The number of nitrogens with zero attached hydrogens (tertiary/aromatic N) is 3. The standard InChI is InChI=1S/C14H19FN4O/c1-14(2,7-8-16)6-5-12-18-13(19-20-12)11-4-3-10(15)9-17-11/h3-4,9H,5-8,16H2,1-2H3. The number of aromatic nitrogens is 3. The molecule has 0 aromatic carbocycles. The van der Waals surface area contributed by atoms with E-state index in [1.165, 1.54) is 12.1 Å². The molecule has 0 bridgehead atoms. The second kappa shape index (κ2) is 6.09. The number of rotatable bonds is 6. The van der Waals surface area contributed by atoms with Gasteiger partial charge in [0.05, 0.1) is 6.20 Å². The Labute approximate surface area is 117 Å². The minimum Gasteiger partial charge on any atom is -0.339 e. The Bertz CT molecular complexity index is 551. The summed E-state index contributed by atoms with van der Waals surface area (Å²) in [5.41, 5.74) is 6.24. The first-order valence-corrected chi connectivity index (χ1v) is 6.65. The first kappa shape index (κ1) is 14.6. The second-order valence-corrected chi connectivity index (χ2v) is 5.58. The minimum atomic E-state index is -0.388. The third-order valence-corrected chi connectivity index (χ3v) is 3.26. The average molecular weight is 278 g/mol. The van der Waals surface area contributed by atoms with Crippen LogP contribution in [0.1, 0.15) is 32.6 Å². The van der Waals surface area contributed by atoms with Gasteiger partial charge in [-0.05, 0) is 36.9 Å². The van der Waals surface area contributed by atoms with Crippen LogP contribution in [-0.4, -0.2) is 21.7 Å². The number of nitrogens with two attached hydrogens (primary N) is 1. The van der Waals surface area contributed by atoms with E-state index in [2.05, 4.69) is 29.0 Å². The number of aryl methyl sites for hydroxylation is 1. The molecule has 0 aliphatic heterocycles. The van der Waals surface area contributed by atoms with Gasteiger partial charge in [0.2, 0.25) is 11.7 Å². The first-order chi connectivity index (χ1) is 9.50. The lowest BCUT2D eigenvalue weighted by Gasteiger charge is -2.22. The number of pyridine rings is 1.